The van der Waals surface area contributed by atoms with Gasteiger partial charge in [0.05, 0.1) is 0 Å². The molecule has 15 aliphatic rings. The summed E-state index contributed by atoms with van der Waals surface area (Å²) >= 11 is 22.0. The second kappa shape index (κ2) is 31.1. The van der Waals surface area contributed by atoms with Gasteiger partial charge in [-0.2, -0.15) is 0 Å². The number of benzene rings is 5. The van der Waals surface area contributed by atoms with Crippen LogP contribution in [0.4, 0.5) is 23.5 Å². The molecule has 15 saturated carbocycles. The van der Waals surface area contributed by atoms with Gasteiger partial charge in [0.2, 0.25) is 0 Å². The van der Waals surface area contributed by atoms with Crippen molar-refractivity contribution in [2.45, 2.75) is 311 Å². The summed E-state index contributed by atoms with van der Waals surface area (Å²) in [5.41, 5.74) is 14.0. The van der Waals surface area contributed by atoms with E-state index >= 15 is 0 Å². The number of hydrogen-bond acceptors (Lipinski definition) is 5. The fourth-order valence-electron chi connectivity index (χ4n) is 20.2. The molecule has 0 aliphatic heterocycles. The van der Waals surface area contributed by atoms with Crippen LogP contribution in [-0.4, -0.2) is 0 Å². The smallest absolute Gasteiger partial charge is 0.00401 e. The molecular weight excluding hydrogens is 1220 g/mol. The average Bonchev–Trinajstić information content (AvgIpc) is 0.942. The predicted molar refractivity (Wildman–Crippen MR) is 392 cm³/mol. The van der Waals surface area contributed by atoms with E-state index in [1.165, 1.54) is 225 Å². The molecule has 15 aliphatic carbocycles. The lowest BCUT2D eigenvalue weighted by atomic mass is 9.51. The zero-order valence-corrected chi connectivity index (χ0v) is 60.0. The Kier molecular flexibility index (Phi) is 26.5. The molecule has 0 unspecified atom stereocenters. The predicted octanol–water partition coefficient (Wildman–Crippen LogP) is 25.6. The Morgan fingerprint density at radius 2 is 0.289 bits per heavy atom. The maximum atomic E-state index is 4.39. The van der Waals surface area contributed by atoms with Crippen LogP contribution in [0.3, 0.4) is 0 Å². The van der Waals surface area contributed by atoms with E-state index in [9.17, 15) is 0 Å². The molecule has 0 aromatic heterocycles. The summed E-state index contributed by atoms with van der Waals surface area (Å²) < 4.78 is 0. The SMILES string of the molecule is CCC12CCC(c3ccc(S)cc3)(CC1)CC2.CCC12CCC(c3ccc(S)cc3)(CC1)CC2.CCC12CCC(c3ccc(S)cc3)(CC1)CC2.CCC12CCC(c3ccc(S)cc3)(CC1)CC2.CCC12CCC(c3ccc(S)cc3)(CC1)CC2.F.F.F.F.F. The van der Waals surface area contributed by atoms with E-state index in [2.05, 4.69) is 219 Å². The maximum absolute atomic E-state index is 4.39. The largest absolute Gasteiger partial charge is 0.269 e. The van der Waals surface area contributed by atoms with Gasteiger partial charge in [-0.15, -0.1) is 63.1 Å². The van der Waals surface area contributed by atoms with Gasteiger partial charge in [0.1, 0.15) is 0 Å². The third-order valence-corrected chi connectivity index (χ3v) is 29.6. The molecule has 0 amide bonds. The highest BCUT2D eigenvalue weighted by atomic mass is 32.1. The van der Waals surface area contributed by atoms with Crippen molar-refractivity contribution in [1.29, 1.82) is 0 Å². The Morgan fingerprint density at radius 3 is 0.378 bits per heavy atom. The minimum absolute atomic E-state index is 0. The van der Waals surface area contributed by atoms with Crippen molar-refractivity contribution in [3.63, 3.8) is 0 Å². The van der Waals surface area contributed by atoms with Crippen LogP contribution >= 0.6 is 63.1 Å². The third kappa shape index (κ3) is 15.7. The summed E-state index contributed by atoms with van der Waals surface area (Å²) in [5.74, 6) is 0. The molecule has 5 aromatic carbocycles. The summed E-state index contributed by atoms with van der Waals surface area (Å²) in [6.07, 6.45) is 49.8. The fourth-order valence-corrected chi connectivity index (χ4v) is 21.0. The summed E-state index contributed by atoms with van der Waals surface area (Å²) in [6, 6.07) is 44.7. The quantitative estimate of drug-likeness (QED) is 0.0668. The van der Waals surface area contributed by atoms with Crippen molar-refractivity contribution < 1.29 is 23.5 Å². The van der Waals surface area contributed by atoms with Crippen LogP contribution in [0.2, 0.25) is 0 Å². The van der Waals surface area contributed by atoms with Gasteiger partial charge in [0.15, 0.2) is 0 Å². The van der Waals surface area contributed by atoms with Gasteiger partial charge < -0.3 is 0 Å². The van der Waals surface area contributed by atoms with Crippen LogP contribution in [0.15, 0.2) is 146 Å². The second-order valence-corrected chi connectivity index (χ2v) is 33.5. The minimum Gasteiger partial charge on any atom is -0.269 e. The van der Waals surface area contributed by atoms with E-state index in [0.29, 0.717) is 54.1 Å². The summed E-state index contributed by atoms with van der Waals surface area (Å²) in [7, 11) is 0. The molecule has 500 valence electrons. The average molecular weight is 1330 g/mol. The van der Waals surface area contributed by atoms with E-state index in [-0.39, 0.29) is 23.5 Å². The zero-order chi connectivity index (χ0) is 59.7. The van der Waals surface area contributed by atoms with E-state index in [1.54, 1.807) is 27.8 Å². The molecule has 0 radical (unpaired) electrons. The van der Waals surface area contributed by atoms with Crippen LogP contribution in [0.25, 0.3) is 0 Å². The molecule has 15 fully saturated rings. The van der Waals surface area contributed by atoms with Crippen molar-refractivity contribution in [3.8, 4) is 0 Å². The van der Waals surface area contributed by atoms with Gasteiger partial charge in [-0.1, -0.05) is 127 Å². The number of rotatable bonds is 10. The maximum Gasteiger partial charge on any atom is 0.00401 e. The molecular formula is C80H115F5S5. The lowest BCUT2D eigenvalue weighted by Gasteiger charge is -2.54. The van der Waals surface area contributed by atoms with Crippen LogP contribution in [0.1, 0.15) is 287 Å². The first-order valence-corrected chi connectivity index (χ1v) is 37.1. The molecule has 10 bridgehead atoms. The van der Waals surface area contributed by atoms with Crippen LogP contribution < -0.4 is 0 Å². The standard InChI is InChI=1S/5C16H22S.5FH/c5*1-2-15-7-10-16(11-8-15,12-9-15)13-3-5-14(17)6-4-13;;;;;/h5*3-6,17H,2,7-12H2,1H3;5*1H. The fraction of sp³-hybridized carbons (Fsp3) is 0.625. The number of hydrogen-bond donors (Lipinski definition) is 5. The van der Waals surface area contributed by atoms with Crippen molar-refractivity contribution in [1.82, 2.24) is 0 Å². The molecule has 0 nitrogen and oxygen atoms in total. The first-order chi connectivity index (χ1) is 40.9. The van der Waals surface area contributed by atoms with Gasteiger partial charge in [0, 0.05) is 24.5 Å². The van der Waals surface area contributed by atoms with Gasteiger partial charge in [-0.05, 0) is 335 Å². The molecule has 0 atom stereocenters. The number of halogens is 5. The van der Waals surface area contributed by atoms with Gasteiger partial charge in [-0.3, -0.25) is 23.5 Å². The lowest BCUT2D eigenvalue weighted by molar-refractivity contribution is 0.0366. The van der Waals surface area contributed by atoms with Crippen molar-refractivity contribution in [2.75, 3.05) is 0 Å². The molecule has 20 rings (SSSR count). The molecule has 90 heavy (non-hydrogen) atoms. The molecule has 5 aromatic rings. The van der Waals surface area contributed by atoms with Gasteiger partial charge in [-0.25, -0.2) is 0 Å². The Balaban J connectivity index is 0.000000177. The highest BCUT2D eigenvalue weighted by Crippen LogP contribution is 2.63. The Bertz CT molecular complexity index is 2400. The number of thiol groups is 5. The molecule has 10 heteroatoms. The van der Waals surface area contributed by atoms with Crippen LogP contribution in [0, 0.1) is 27.1 Å². The van der Waals surface area contributed by atoms with E-state index in [4.69, 9.17) is 0 Å². The van der Waals surface area contributed by atoms with E-state index < -0.39 is 0 Å². The van der Waals surface area contributed by atoms with Crippen molar-refractivity contribution >= 4 is 63.1 Å². The topological polar surface area (TPSA) is 0 Å². The zero-order valence-electron chi connectivity index (χ0n) is 55.6. The van der Waals surface area contributed by atoms with Crippen molar-refractivity contribution in [3.05, 3.63) is 149 Å². The Hall–Kier alpha value is -2.50. The molecule has 0 heterocycles. The molecule has 0 spiro atoms. The minimum atomic E-state index is 0. The van der Waals surface area contributed by atoms with Crippen LogP contribution in [-0.2, 0) is 27.1 Å². The summed E-state index contributed by atoms with van der Waals surface area (Å²) in [5, 5.41) is 0. The van der Waals surface area contributed by atoms with Gasteiger partial charge in [0.25, 0.3) is 0 Å². The van der Waals surface area contributed by atoms with E-state index in [1.807, 2.05) is 0 Å². The summed E-state index contributed by atoms with van der Waals surface area (Å²) in [6.45, 7) is 11.9. The normalized spacial score (nSPS) is 34.1. The third-order valence-electron chi connectivity index (χ3n) is 28.2. The highest BCUT2D eigenvalue weighted by molar-refractivity contribution is 7.81. The monoisotopic (exact) mass is 1330 g/mol. The van der Waals surface area contributed by atoms with Gasteiger partial charge >= 0.3 is 0 Å². The lowest BCUT2D eigenvalue weighted by Crippen LogP contribution is -2.43. The first-order valence-electron chi connectivity index (χ1n) is 34.9. The highest BCUT2D eigenvalue weighted by Gasteiger charge is 2.52. The molecule has 0 saturated heterocycles. The number of fused-ring (bicyclic) bond motifs is 15. The van der Waals surface area contributed by atoms with Crippen LogP contribution in [0.5, 0.6) is 0 Å². The molecule has 0 N–H and O–H groups in total. The summed E-state index contributed by atoms with van der Waals surface area (Å²) in [4.78, 5) is 5.42. The first kappa shape index (κ1) is 76.5. The van der Waals surface area contributed by atoms with E-state index in [0.717, 1.165) is 24.5 Å². The Labute approximate surface area is 569 Å². The second-order valence-electron chi connectivity index (χ2n) is 30.9. The van der Waals surface area contributed by atoms with Crippen molar-refractivity contribution in [2.24, 2.45) is 27.1 Å². The Morgan fingerprint density at radius 1 is 0.189 bits per heavy atom.